The van der Waals surface area contributed by atoms with Gasteiger partial charge in [-0.2, -0.15) is 0 Å². The van der Waals surface area contributed by atoms with Gasteiger partial charge in [0.25, 0.3) is 0 Å². The minimum Gasteiger partial charge on any atom is -0.491 e. The van der Waals surface area contributed by atoms with Gasteiger partial charge in [0.15, 0.2) is 0 Å². The molecule has 2 aliphatic rings. The molecule has 2 aliphatic heterocycles. The largest absolute Gasteiger partial charge is 0.491 e. The van der Waals surface area contributed by atoms with Gasteiger partial charge in [-0.05, 0) is 44.0 Å². The van der Waals surface area contributed by atoms with Crippen LogP contribution in [0.5, 0.6) is 5.75 Å². The van der Waals surface area contributed by atoms with Gasteiger partial charge in [0.2, 0.25) is 5.91 Å². The zero-order valence-corrected chi connectivity index (χ0v) is 13.2. The van der Waals surface area contributed by atoms with Crippen molar-refractivity contribution in [2.75, 3.05) is 0 Å². The predicted octanol–water partition coefficient (Wildman–Crippen LogP) is 3.05. The molecule has 1 amide bonds. The Morgan fingerprint density at radius 2 is 2.14 bits per heavy atom. The van der Waals surface area contributed by atoms with Crippen LogP contribution in [0.2, 0.25) is 0 Å². The molecule has 0 spiro atoms. The first-order chi connectivity index (χ1) is 10.5. The predicted molar refractivity (Wildman–Crippen MR) is 87.1 cm³/mol. The SMILES string of the molecule is C=C1NC(=O)CCC1N1Cc2cc(OC(C)C)ccc2C1=C. The molecule has 0 radical (unpaired) electrons. The van der Waals surface area contributed by atoms with Gasteiger partial charge in [0.05, 0.1) is 12.1 Å². The van der Waals surface area contributed by atoms with E-state index in [1.54, 1.807) is 0 Å². The molecule has 1 fully saturated rings. The average molecular weight is 298 g/mol. The Balaban J connectivity index is 1.81. The van der Waals surface area contributed by atoms with Crippen molar-refractivity contribution in [2.24, 2.45) is 0 Å². The van der Waals surface area contributed by atoms with E-state index in [1.165, 1.54) is 5.56 Å². The summed E-state index contributed by atoms with van der Waals surface area (Å²) >= 11 is 0. The molecule has 4 heteroatoms. The van der Waals surface area contributed by atoms with Gasteiger partial charge in [0.1, 0.15) is 5.75 Å². The van der Waals surface area contributed by atoms with Crippen LogP contribution in [0.1, 0.15) is 37.8 Å². The topological polar surface area (TPSA) is 41.6 Å². The van der Waals surface area contributed by atoms with Crippen LogP contribution in [0, 0.1) is 0 Å². The molecule has 2 heterocycles. The van der Waals surface area contributed by atoms with Crippen LogP contribution in [0.25, 0.3) is 5.70 Å². The summed E-state index contributed by atoms with van der Waals surface area (Å²) in [4.78, 5) is 13.7. The number of hydrogen-bond acceptors (Lipinski definition) is 3. The first-order valence-corrected chi connectivity index (χ1v) is 7.70. The second kappa shape index (κ2) is 5.52. The summed E-state index contributed by atoms with van der Waals surface area (Å²) in [5.41, 5.74) is 4.13. The Kier molecular flexibility index (Phi) is 3.69. The Bertz CT molecular complexity index is 648. The lowest BCUT2D eigenvalue weighted by Gasteiger charge is -2.34. The van der Waals surface area contributed by atoms with Gasteiger partial charge < -0.3 is 15.0 Å². The highest BCUT2D eigenvalue weighted by atomic mass is 16.5. The van der Waals surface area contributed by atoms with Crippen molar-refractivity contribution >= 4 is 11.6 Å². The molecule has 0 saturated carbocycles. The Morgan fingerprint density at radius 1 is 1.36 bits per heavy atom. The lowest BCUT2D eigenvalue weighted by atomic mass is 10.0. The number of rotatable bonds is 3. The highest BCUT2D eigenvalue weighted by Gasteiger charge is 2.33. The molecule has 1 unspecified atom stereocenters. The molecule has 1 aromatic carbocycles. The maximum Gasteiger partial charge on any atom is 0.224 e. The van der Waals surface area contributed by atoms with E-state index in [4.69, 9.17) is 4.74 Å². The Morgan fingerprint density at radius 3 is 2.82 bits per heavy atom. The fourth-order valence-corrected chi connectivity index (χ4v) is 3.17. The van der Waals surface area contributed by atoms with Crippen LogP contribution in [0.3, 0.4) is 0 Å². The number of nitrogens with zero attached hydrogens (tertiary/aromatic N) is 1. The van der Waals surface area contributed by atoms with E-state index in [0.717, 1.165) is 35.7 Å². The van der Waals surface area contributed by atoms with Crippen LogP contribution in [0.4, 0.5) is 0 Å². The minimum atomic E-state index is 0.0520. The summed E-state index contributed by atoms with van der Waals surface area (Å²) < 4.78 is 5.77. The van der Waals surface area contributed by atoms with Crippen LogP contribution < -0.4 is 10.1 Å². The zero-order valence-electron chi connectivity index (χ0n) is 13.2. The lowest BCUT2D eigenvalue weighted by molar-refractivity contribution is -0.121. The molecular weight excluding hydrogens is 276 g/mol. The van der Waals surface area contributed by atoms with E-state index in [-0.39, 0.29) is 18.1 Å². The quantitative estimate of drug-likeness (QED) is 0.932. The van der Waals surface area contributed by atoms with E-state index in [9.17, 15) is 4.79 Å². The van der Waals surface area contributed by atoms with Crippen molar-refractivity contribution < 1.29 is 9.53 Å². The number of fused-ring (bicyclic) bond motifs is 1. The van der Waals surface area contributed by atoms with Gasteiger partial charge in [0, 0.05) is 29.9 Å². The van der Waals surface area contributed by atoms with Crippen molar-refractivity contribution in [3.63, 3.8) is 0 Å². The van der Waals surface area contributed by atoms with E-state index < -0.39 is 0 Å². The fourth-order valence-electron chi connectivity index (χ4n) is 3.17. The van der Waals surface area contributed by atoms with Crippen LogP contribution >= 0.6 is 0 Å². The molecule has 0 bridgehead atoms. The molecule has 0 aliphatic carbocycles. The van der Waals surface area contributed by atoms with Gasteiger partial charge in [-0.15, -0.1) is 0 Å². The monoisotopic (exact) mass is 298 g/mol. The van der Waals surface area contributed by atoms with Gasteiger partial charge in [-0.25, -0.2) is 0 Å². The Labute approximate surface area is 131 Å². The summed E-state index contributed by atoms with van der Waals surface area (Å²) in [5, 5.41) is 2.85. The molecule has 1 N–H and O–H groups in total. The summed E-state index contributed by atoms with van der Waals surface area (Å²) in [6.07, 6.45) is 1.48. The summed E-state index contributed by atoms with van der Waals surface area (Å²) in [6.45, 7) is 13.1. The van der Waals surface area contributed by atoms with Gasteiger partial charge >= 0.3 is 0 Å². The zero-order chi connectivity index (χ0) is 15.9. The third kappa shape index (κ3) is 2.61. The van der Waals surface area contributed by atoms with Crippen LogP contribution in [-0.2, 0) is 11.3 Å². The van der Waals surface area contributed by atoms with E-state index in [2.05, 4.69) is 35.5 Å². The summed E-state index contributed by atoms with van der Waals surface area (Å²) in [5.74, 6) is 0.940. The van der Waals surface area contributed by atoms with Crippen LogP contribution in [-0.4, -0.2) is 23.0 Å². The van der Waals surface area contributed by atoms with Crippen LogP contribution in [0.15, 0.2) is 37.1 Å². The second-order valence-electron chi connectivity index (χ2n) is 6.19. The molecular formula is C18H22N2O2. The van der Waals surface area contributed by atoms with Crippen molar-refractivity contribution in [1.29, 1.82) is 0 Å². The van der Waals surface area contributed by atoms with Crippen molar-refractivity contribution in [2.45, 2.75) is 45.4 Å². The molecule has 1 atom stereocenters. The van der Waals surface area contributed by atoms with E-state index in [0.29, 0.717) is 6.42 Å². The standard InChI is InChI=1S/C18H22N2O2/c1-11(2)22-15-5-6-16-13(4)20(10-14(16)9-15)17-7-8-18(21)19-12(17)3/h5-6,9,11,17H,3-4,7-8,10H2,1-2H3,(H,19,21). The molecule has 22 heavy (non-hydrogen) atoms. The number of carbonyl (C=O) groups excluding carboxylic acids is 1. The second-order valence-corrected chi connectivity index (χ2v) is 6.19. The van der Waals surface area contributed by atoms with Gasteiger partial charge in [-0.1, -0.05) is 13.2 Å². The number of amides is 1. The molecule has 4 nitrogen and oxygen atoms in total. The molecule has 0 aromatic heterocycles. The highest BCUT2D eigenvalue weighted by molar-refractivity contribution is 5.80. The van der Waals surface area contributed by atoms with Crippen molar-refractivity contribution in [1.82, 2.24) is 10.2 Å². The number of carbonyl (C=O) groups is 1. The summed E-state index contributed by atoms with van der Waals surface area (Å²) in [6, 6.07) is 6.27. The number of ether oxygens (including phenoxy) is 1. The number of nitrogens with one attached hydrogen (secondary N) is 1. The third-order valence-corrected chi connectivity index (χ3v) is 4.17. The minimum absolute atomic E-state index is 0.0520. The third-order valence-electron chi connectivity index (χ3n) is 4.17. The smallest absolute Gasteiger partial charge is 0.224 e. The lowest BCUT2D eigenvalue weighted by Crippen LogP contribution is -2.43. The molecule has 1 aromatic rings. The van der Waals surface area contributed by atoms with E-state index in [1.807, 2.05) is 19.9 Å². The van der Waals surface area contributed by atoms with E-state index >= 15 is 0 Å². The van der Waals surface area contributed by atoms with Crippen molar-refractivity contribution in [3.05, 3.63) is 48.2 Å². The van der Waals surface area contributed by atoms with Crippen molar-refractivity contribution in [3.8, 4) is 5.75 Å². The number of benzene rings is 1. The molecule has 3 rings (SSSR count). The van der Waals surface area contributed by atoms with Gasteiger partial charge in [-0.3, -0.25) is 4.79 Å². The Hall–Kier alpha value is -2.23. The molecule has 1 saturated heterocycles. The maximum atomic E-state index is 11.5. The first kappa shape index (κ1) is 14.7. The highest BCUT2D eigenvalue weighted by Crippen LogP contribution is 2.38. The summed E-state index contributed by atoms with van der Waals surface area (Å²) in [7, 11) is 0. The maximum absolute atomic E-state index is 11.5. The number of hydrogen-bond donors (Lipinski definition) is 1. The fraction of sp³-hybridized carbons (Fsp3) is 0.389. The first-order valence-electron chi connectivity index (χ1n) is 7.70. The number of piperidine rings is 1. The normalized spacial score (nSPS) is 21.1. The molecule has 116 valence electrons. The average Bonchev–Trinajstić information content (AvgIpc) is 2.75.